The van der Waals surface area contributed by atoms with Crippen LogP contribution in [0, 0.1) is 0 Å². The number of benzene rings is 12. The van der Waals surface area contributed by atoms with E-state index in [1.807, 2.05) is 12.1 Å². The van der Waals surface area contributed by atoms with Crippen molar-refractivity contribution in [2.24, 2.45) is 0 Å². The Morgan fingerprint density at radius 2 is 0.806 bits per heavy atom. The molecule has 72 heavy (non-hydrogen) atoms. The van der Waals surface area contributed by atoms with Gasteiger partial charge >= 0.3 is 0 Å². The van der Waals surface area contributed by atoms with Crippen molar-refractivity contribution in [3.63, 3.8) is 0 Å². The van der Waals surface area contributed by atoms with E-state index in [1.54, 1.807) is 0 Å². The van der Waals surface area contributed by atoms with E-state index in [1.165, 1.54) is 65.7 Å². The number of hydrogen-bond acceptors (Lipinski definition) is 3. The van der Waals surface area contributed by atoms with Gasteiger partial charge in [-0.1, -0.05) is 178 Å². The molecule has 12 aromatic carbocycles. The summed E-state index contributed by atoms with van der Waals surface area (Å²) in [6.45, 7) is 4.70. The molecule has 0 unspecified atom stereocenters. The molecular weight excluding hydrogens is 875 g/mol. The lowest BCUT2D eigenvalue weighted by Gasteiger charge is -2.28. The summed E-state index contributed by atoms with van der Waals surface area (Å²) in [7, 11) is 0. The van der Waals surface area contributed by atoms with Gasteiger partial charge in [0.15, 0.2) is 0 Å². The highest BCUT2D eigenvalue weighted by molar-refractivity contribution is 6.28. The maximum Gasteiger partial charge on any atom is 0.143 e. The Hall–Kier alpha value is -9.18. The first kappa shape index (κ1) is 40.7. The lowest BCUT2D eigenvalue weighted by Crippen LogP contribution is -2.16. The van der Waals surface area contributed by atoms with Crippen molar-refractivity contribution in [2.75, 3.05) is 4.90 Å². The Labute approximate surface area is 416 Å². The summed E-state index contributed by atoms with van der Waals surface area (Å²) in [6.07, 6.45) is 0. The largest absolute Gasteiger partial charge is 0.456 e. The molecule has 0 amide bonds. The predicted molar refractivity (Wildman–Crippen MR) is 302 cm³/mol. The second-order valence-electron chi connectivity index (χ2n) is 20.0. The molecule has 3 heteroatoms. The number of hydrogen-bond donors (Lipinski definition) is 0. The highest BCUT2D eigenvalue weighted by atomic mass is 16.3. The van der Waals surface area contributed by atoms with Crippen LogP contribution in [0.4, 0.5) is 17.1 Å². The highest BCUT2D eigenvalue weighted by Gasteiger charge is 2.36. The van der Waals surface area contributed by atoms with Gasteiger partial charge in [-0.3, -0.25) is 0 Å². The fourth-order valence-electron chi connectivity index (χ4n) is 12.2. The lowest BCUT2D eigenvalue weighted by molar-refractivity contribution is 0.660. The summed E-state index contributed by atoms with van der Waals surface area (Å²) >= 11 is 0. The molecule has 0 N–H and O–H groups in total. The molecule has 1 aliphatic rings. The first-order chi connectivity index (χ1) is 35.4. The fraction of sp³-hybridized carbons (Fsp3) is 0.0435. The number of anilines is 3. The zero-order valence-corrected chi connectivity index (χ0v) is 39.8. The van der Waals surface area contributed by atoms with E-state index in [0.29, 0.717) is 0 Å². The molecule has 0 aliphatic heterocycles. The molecular formula is C69H45NO2. The molecule has 2 aromatic heterocycles. The summed E-state index contributed by atoms with van der Waals surface area (Å²) in [5.74, 6) is 0. The van der Waals surface area contributed by atoms with Gasteiger partial charge in [0, 0.05) is 49.6 Å². The molecule has 0 spiro atoms. The van der Waals surface area contributed by atoms with Gasteiger partial charge in [-0.25, -0.2) is 0 Å². The van der Waals surface area contributed by atoms with E-state index in [0.717, 1.165) is 83.2 Å². The first-order valence-electron chi connectivity index (χ1n) is 24.9. The molecule has 14 aromatic rings. The first-order valence-corrected chi connectivity index (χ1v) is 24.9. The zero-order valence-electron chi connectivity index (χ0n) is 39.8. The van der Waals surface area contributed by atoms with Crippen molar-refractivity contribution in [1.29, 1.82) is 0 Å². The second kappa shape index (κ2) is 15.4. The van der Waals surface area contributed by atoms with Crippen molar-refractivity contribution >= 4 is 93.3 Å². The molecule has 1 aliphatic carbocycles. The Morgan fingerprint density at radius 3 is 1.53 bits per heavy atom. The summed E-state index contributed by atoms with van der Waals surface area (Å²) in [5.41, 5.74) is 18.6. The second-order valence-corrected chi connectivity index (χ2v) is 20.0. The van der Waals surface area contributed by atoms with Gasteiger partial charge < -0.3 is 13.7 Å². The summed E-state index contributed by atoms with van der Waals surface area (Å²) in [5, 5.41) is 11.8. The molecule has 0 saturated carbocycles. The van der Waals surface area contributed by atoms with Crippen molar-refractivity contribution in [3.05, 3.63) is 248 Å². The topological polar surface area (TPSA) is 29.5 Å². The van der Waals surface area contributed by atoms with Crippen LogP contribution in [0.2, 0.25) is 0 Å². The van der Waals surface area contributed by atoms with E-state index in [9.17, 15) is 0 Å². The van der Waals surface area contributed by atoms with Crippen molar-refractivity contribution in [1.82, 2.24) is 0 Å². The standard InChI is InChI=1S/C69H45NO2/c1-69(2)61-22-12-10-20-55(61)56-35-33-49(41-62(56)69)70(47-29-24-43(25-30-47)42-14-4-3-5-15-42)48-31-26-44(27-32-48)58-39-46(40-60-67-65(72-68(58)60)37-36-64-66(67)57-21-11-13-23-63(57)71-64)45-28-34-54-52-18-7-6-16-50(52)51-17-8-9-19-53(51)59(54)38-45/h3-41H,1-2H3. The summed E-state index contributed by atoms with van der Waals surface area (Å²) < 4.78 is 13.5. The van der Waals surface area contributed by atoms with Gasteiger partial charge in [-0.15, -0.1) is 0 Å². The van der Waals surface area contributed by atoms with Crippen LogP contribution in [-0.2, 0) is 5.41 Å². The molecule has 3 nitrogen and oxygen atoms in total. The predicted octanol–water partition coefficient (Wildman–Crippen LogP) is 19.7. The Bertz CT molecular complexity index is 4480. The van der Waals surface area contributed by atoms with Gasteiger partial charge in [0.1, 0.15) is 22.3 Å². The third-order valence-electron chi connectivity index (χ3n) is 15.6. The molecule has 15 rings (SSSR count). The minimum atomic E-state index is -0.141. The minimum Gasteiger partial charge on any atom is -0.456 e. The van der Waals surface area contributed by atoms with Gasteiger partial charge in [0.2, 0.25) is 0 Å². The third-order valence-corrected chi connectivity index (χ3v) is 15.6. The monoisotopic (exact) mass is 919 g/mol. The van der Waals surface area contributed by atoms with Crippen LogP contribution < -0.4 is 4.90 Å². The minimum absolute atomic E-state index is 0.141. The van der Waals surface area contributed by atoms with Gasteiger partial charge in [0.05, 0.1) is 0 Å². The number of nitrogens with zero attached hydrogens (tertiary/aromatic N) is 1. The summed E-state index contributed by atoms with van der Waals surface area (Å²) in [6, 6.07) is 86.2. The fourth-order valence-corrected chi connectivity index (χ4v) is 12.2. The lowest BCUT2D eigenvalue weighted by atomic mass is 9.82. The van der Waals surface area contributed by atoms with Gasteiger partial charge in [-0.05, 0) is 155 Å². The molecule has 338 valence electrons. The average molecular weight is 920 g/mol. The molecule has 0 fully saturated rings. The average Bonchev–Trinajstić information content (AvgIpc) is 4.08. The van der Waals surface area contributed by atoms with Crippen LogP contribution in [0.15, 0.2) is 245 Å². The summed E-state index contributed by atoms with van der Waals surface area (Å²) in [4.78, 5) is 2.40. The van der Waals surface area contributed by atoms with Crippen LogP contribution in [0.5, 0.6) is 0 Å². The van der Waals surface area contributed by atoms with Crippen molar-refractivity contribution < 1.29 is 8.83 Å². The van der Waals surface area contributed by atoms with E-state index in [4.69, 9.17) is 8.83 Å². The van der Waals surface area contributed by atoms with E-state index < -0.39 is 0 Å². The quantitative estimate of drug-likeness (QED) is 0.156. The number of furan rings is 2. The maximum absolute atomic E-state index is 7.03. The molecule has 0 saturated heterocycles. The van der Waals surface area contributed by atoms with Gasteiger partial charge in [-0.2, -0.15) is 0 Å². The molecule has 0 atom stereocenters. The van der Waals surface area contributed by atoms with Crippen LogP contribution in [0.1, 0.15) is 25.0 Å². The number of para-hydroxylation sites is 1. The van der Waals surface area contributed by atoms with Crippen LogP contribution in [-0.4, -0.2) is 0 Å². The molecule has 0 bridgehead atoms. The number of fused-ring (bicyclic) bond motifs is 16. The van der Waals surface area contributed by atoms with Crippen molar-refractivity contribution in [2.45, 2.75) is 19.3 Å². The normalized spacial score (nSPS) is 13.0. The Kier molecular flexibility index (Phi) is 8.71. The smallest absolute Gasteiger partial charge is 0.143 e. The Balaban J connectivity index is 0.927. The highest BCUT2D eigenvalue weighted by Crippen LogP contribution is 2.51. The van der Waals surface area contributed by atoms with Gasteiger partial charge in [0.25, 0.3) is 0 Å². The Morgan fingerprint density at radius 1 is 0.292 bits per heavy atom. The number of rotatable bonds is 6. The van der Waals surface area contributed by atoms with Crippen LogP contribution in [0.25, 0.3) is 121 Å². The van der Waals surface area contributed by atoms with Crippen molar-refractivity contribution in [3.8, 4) is 44.5 Å². The molecule has 2 heterocycles. The maximum atomic E-state index is 7.03. The van der Waals surface area contributed by atoms with E-state index in [-0.39, 0.29) is 5.41 Å². The third kappa shape index (κ3) is 6.04. The van der Waals surface area contributed by atoms with E-state index in [2.05, 4.69) is 243 Å². The van der Waals surface area contributed by atoms with Crippen LogP contribution >= 0.6 is 0 Å². The zero-order chi connectivity index (χ0) is 47.7. The van der Waals surface area contributed by atoms with E-state index >= 15 is 0 Å². The SMILES string of the molecule is CC1(C)c2ccccc2-c2ccc(N(c3ccc(-c4ccccc4)cc3)c3ccc(-c4cc(-c5ccc6c7ccccc7c7ccccc7c6c5)cc5c4oc4ccc6oc7ccccc7c6c45)cc3)cc21. The molecule has 0 radical (unpaired) electrons. The van der Waals surface area contributed by atoms with Crippen LogP contribution in [0.3, 0.4) is 0 Å².